The number of anilines is 1. The first-order valence-electron chi connectivity index (χ1n) is 15.6. The van der Waals surface area contributed by atoms with Gasteiger partial charge in [0, 0.05) is 58.0 Å². The highest BCUT2D eigenvalue weighted by Gasteiger charge is 2.38. The number of ether oxygens (including phenoxy) is 1. The molecule has 2 N–H and O–H groups in total. The lowest BCUT2D eigenvalue weighted by Gasteiger charge is -2.38. The third-order valence-electron chi connectivity index (χ3n) is 8.52. The Balaban J connectivity index is 0.000000644. The second-order valence-corrected chi connectivity index (χ2v) is 12.4. The second-order valence-electron chi connectivity index (χ2n) is 12.0. The molecule has 0 atom stereocenters. The van der Waals surface area contributed by atoms with Gasteiger partial charge in [-0.2, -0.15) is 23.4 Å². The highest BCUT2D eigenvalue weighted by Crippen LogP contribution is 2.27. The van der Waals surface area contributed by atoms with Gasteiger partial charge >= 0.3 is 12.1 Å². The van der Waals surface area contributed by atoms with Crippen LogP contribution in [0.4, 0.5) is 19.0 Å². The number of piperazine rings is 1. The molecule has 0 spiro atoms. The van der Waals surface area contributed by atoms with E-state index in [1.807, 2.05) is 30.3 Å². The van der Waals surface area contributed by atoms with Crippen LogP contribution in [-0.2, 0) is 16.1 Å². The number of hydrogen-bond acceptors (Lipinski definition) is 10. The van der Waals surface area contributed by atoms with Gasteiger partial charge in [-0.1, -0.05) is 23.7 Å². The lowest BCUT2D eigenvalue weighted by Crippen LogP contribution is -2.51. The molecule has 3 fully saturated rings. The predicted octanol–water partition coefficient (Wildman–Crippen LogP) is 3.42. The van der Waals surface area contributed by atoms with E-state index >= 15 is 0 Å². The number of carbonyl (C=O) groups is 2. The third-order valence-corrected chi connectivity index (χ3v) is 8.78. The summed E-state index contributed by atoms with van der Waals surface area (Å²) < 4.78 is 37.2. The van der Waals surface area contributed by atoms with E-state index in [1.54, 1.807) is 5.01 Å². The van der Waals surface area contributed by atoms with E-state index in [9.17, 15) is 23.2 Å². The molecule has 4 heterocycles. The number of nitriles is 1. The van der Waals surface area contributed by atoms with E-state index in [2.05, 4.69) is 37.1 Å². The van der Waals surface area contributed by atoms with E-state index in [0.717, 1.165) is 38.6 Å². The Hall–Kier alpha value is -3.55. The molecule has 3 aliphatic rings. The molecule has 0 bridgehead atoms. The fourth-order valence-electron chi connectivity index (χ4n) is 5.77. The summed E-state index contributed by atoms with van der Waals surface area (Å²) in [5.41, 5.74) is 4.73. The maximum Gasteiger partial charge on any atom is 0.490 e. The molecule has 1 aromatic heterocycles. The number of aromatic nitrogens is 2. The zero-order chi connectivity index (χ0) is 34.0. The Labute approximate surface area is 277 Å². The summed E-state index contributed by atoms with van der Waals surface area (Å²) in [6, 6.07) is 9.68. The summed E-state index contributed by atoms with van der Waals surface area (Å²) in [5, 5.41) is 18.4. The molecule has 2 aromatic rings. The number of benzene rings is 1. The van der Waals surface area contributed by atoms with Crippen molar-refractivity contribution in [2.24, 2.45) is 5.92 Å². The molecule has 1 amide bonds. The summed E-state index contributed by atoms with van der Waals surface area (Å²) in [7, 11) is 2.22. The van der Waals surface area contributed by atoms with Crippen molar-refractivity contribution < 1.29 is 32.6 Å². The van der Waals surface area contributed by atoms with Crippen LogP contribution in [0.15, 0.2) is 30.5 Å². The molecule has 0 aliphatic carbocycles. The highest BCUT2D eigenvalue weighted by molar-refractivity contribution is 6.32. The molecule has 5 rings (SSSR count). The zero-order valence-corrected chi connectivity index (χ0v) is 27.0. The molecular weight excluding hydrogens is 641 g/mol. The molecule has 0 radical (unpaired) electrons. The van der Waals surface area contributed by atoms with Crippen LogP contribution in [0.1, 0.15) is 47.4 Å². The van der Waals surface area contributed by atoms with Gasteiger partial charge in [-0.15, -0.1) is 0 Å². The fraction of sp³-hybridized carbons (Fsp3) is 0.581. The van der Waals surface area contributed by atoms with Crippen molar-refractivity contribution in [2.75, 3.05) is 71.1 Å². The van der Waals surface area contributed by atoms with Gasteiger partial charge in [-0.25, -0.2) is 9.78 Å². The number of aliphatic carboxylic acids is 1. The van der Waals surface area contributed by atoms with Crippen LogP contribution in [0.2, 0.25) is 5.02 Å². The Morgan fingerprint density at radius 3 is 2.23 bits per heavy atom. The molecule has 256 valence electrons. The summed E-state index contributed by atoms with van der Waals surface area (Å²) in [4.78, 5) is 38.0. The number of carbonyl (C=O) groups excluding carboxylic acids is 1. The first kappa shape index (κ1) is 36.3. The SMILES string of the molecule is CN1CCC(CN2CCN(Cc3ccc(C(=O)NN(c4nc(C#N)ncc4Cl)C4CCOCC4)cc3)CC2)CC1.O=C(O)C(F)(F)F. The Morgan fingerprint density at radius 2 is 1.66 bits per heavy atom. The maximum absolute atomic E-state index is 13.3. The second kappa shape index (κ2) is 17.0. The van der Waals surface area contributed by atoms with E-state index in [0.29, 0.717) is 37.4 Å². The number of alkyl halides is 3. The van der Waals surface area contributed by atoms with Gasteiger partial charge in [-0.05, 0) is 69.4 Å². The van der Waals surface area contributed by atoms with E-state index in [1.165, 1.54) is 44.2 Å². The standard InChI is InChI=1S/C29H39ClN8O2.C2HF3O2/c1-35-10-6-23(7-11-35)21-37-14-12-36(13-15-37)20-22-2-4-24(5-3-22)29(39)34-38(25-8-16-40-17-9-25)28-26(30)19-32-27(18-31)33-28;3-2(4,5)1(6)7/h2-5,19,23,25H,6-17,20-21H2,1H3,(H,34,39);(H,6,7). The number of hydrazine groups is 1. The number of likely N-dealkylation sites (tertiary alicyclic amines) is 1. The number of nitrogens with zero attached hydrogens (tertiary/aromatic N) is 7. The van der Waals surface area contributed by atoms with Gasteiger partial charge in [-0.3, -0.25) is 20.1 Å². The summed E-state index contributed by atoms with van der Waals surface area (Å²) in [6.45, 7) is 10.1. The maximum atomic E-state index is 13.3. The van der Waals surface area contributed by atoms with Crippen molar-refractivity contribution in [3.05, 3.63) is 52.4 Å². The fourth-order valence-corrected chi connectivity index (χ4v) is 5.96. The number of rotatable bonds is 8. The minimum Gasteiger partial charge on any atom is -0.475 e. The highest BCUT2D eigenvalue weighted by atomic mass is 35.5. The average molecular weight is 681 g/mol. The van der Waals surface area contributed by atoms with E-state index < -0.39 is 12.1 Å². The summed E-state index contributed by atoms with van der Waals surface area (Å²) >= 11 is 6.40. The molecule has 0 saturated carbocycles. The monoisotopic (exact) mass is 680 g/mol. The topological polar surface area (TPSA) is 138 Å². The van der Waals surface area contributed by atoms with Crippen LogP contribution in [0.3, 0.4) is 0 Å². The predicted molar refractivity (Wildman–Crippen MR) is 168 cm³/mol. The lowest BCUT2D eigenvalue weighted by molar-refractivity contribution is -0.192. The van der Waals surface area contributed by atoms with Crippen molar-refractivity contribution in [1.82, 2.24) is 30.1 Å². The molecular formula is C31H40ClF3N8O4. The van der Waals surface area contributed by atoms with Crippen molar-refractivity contribution in [2.45, 2.75) is 44.4 Å². The van der Waals surface area contributed by atoms with Gasteiger partial charge in [0.25, 0.3) is 5.91 Å². The number of carboxylic acid groups (broad SMARTS) is 1. The molecule has 47 heavy (non-hydrogen) atoms. The lowest BCUT2D eigenvalue weighted by atomic mass is 9.96. The molecule has 12 nitrogen and oxygen atoms in total. The van der Waals surface area contributed by atoms with Crippen molar-refractivity contribution in [3.8, 4) is 6.07 Å². The smallest absolute Gasteiger partial charge is 0.475 e. The molecule has 3 aliphatic heterocycles. The van der Waals surface area contributed by atoms with E-state index in [4.69, 9.17) is 26.2 Å². The van der Waals surface area contributed by atoms with Crippen LogP contribution >= 0.6 is 11.6 Å². The number of nitrogens with one attached hydrogen (secondary N) is 1. The minimum absolute atomic E-state index is 0.00212. The van der Waals surface area contributed by atoms with Gasteiger partial charge in [0.2, 0.25) is 5.82 Å². The minimum atomic E-state index is -5.08. The van der Waals surface area contributed by atoms with Crippen LogP contribution in [0.25, 0.3) is 0 Å². The van der Waals surface area contributed by atoms with Gasteiger partial charge in [0.1, 0.15) is 11.1 Å². The summed E-state index contributed by atoms with van der Waals surface area (Å²) in [6.07, 6.45) is 0.344. The molecule has 16 heteroatoms. The van der Waals surface area contributed by atoms with Crippen molar-refractivity contribution in [3.63, 3.8) is 0 Å². The van der Waals surface area contributed by atoms with Crippen LogP contribution < -0.4 is 10.4 Å². The Bertz CT molecular complexity index is 1370. The van der Waals surface area contributed by atoms with Crippen LogP contribution in [0, 0.1) is 17.2 Å². The molecule has 3 saturated heterocycles. The first-order chi connectivity index (χ1) is 22.4. The number of hydrogen-bond donors (Lipinski definition) is 2. The van der Waals surface area contributed by atoms with Crippen molar-refractivity contribution >= 4 is 29.3 Å². The van der Waals surface area contributed by atoms with Gasteiger partial charge in [0.15, 0.2) is 5.82 Å². The quantitative estimate of drug-likeness (QED) is 0.397. The number of piperidine rings is 1. The molecule has 0 unspecified atom stereocenters. The summed E-state index contributed by atoms with van der Waals surface area (Å²) in [5.74, 6) is -1.86. The van der Waals surface area contributed by atoms with Crippen molar-refractivity contribution in [1.29, 1.82) is 5.26 Å². The number of halogens is 4. The van der Waals surface area contributed by atoms with Crippen LogP contribution in [0.5, 0.6) is 0 Å². The zero-order valence-electron chi connectivity index (χ0n) is 26.3. The average Bonchev–Trinajstić information content (AvgIpc) is 3.06. The van der Waals surface area contributed by atoms with E-state index in [-0.39, 0.29) is 22.8 Å². The van der Waals surface area contributed by atoms with Crippen LogP contribution in [-0.4, -0.2) is 120 Å². The Morgan fingerprint density at radius 1 is 1.06 bits per heavy atom. The first-order valence-corrected chi connectivity index (χ1v) is 15.9. The largest absolute Gasteiger partial charge is 0.490 e. The molecule has 1 aromatic carbocycles. The third kappa shape index (κ3) is 11.0. The van der Waals surface area contributed by atoms with Gasteiger partial charge in [0.05, 0.1) is 12.2 Å². The number of amides is 1. The van der Waals surface area contributed by atoms with Gasteiger partial charge < -0.3 is 19.6 Å². The number of carboxylic acids is 1. The Kier molecular flexibility index (Phi) is 13.1. The normalized spacial score (nSPS) is 18.9.